The van der Waals surface area contributed by atoms with Crippen LogP contribution in [0.3, 0.4) is 0 Å². The van der Waals surface area contributed by atoms with Crippen LogP contribution in [0.4, 0.5) is 10.7 Å². The summed E-state index contributed by atoms with van der Waals surface area (Å²) in [5.74, 6) is -2.38. The van der Waals surface area contributed by atoms with Gasteiger partial charge in [0, 0.05) is 7.05 Å². The van der Waals surface area contributed by atoms with Crippen molar-refractivity contribution in [2.45, 2.75) is 13.8 Å². The van der Waals surface area contributed by atoms with Crippen LogP contribution in [-0.2, 0) is 11.8 Å². The molecule has 0 aliphatic rings. The Labute approximate surface area is 150 Å². The molecule has 0 aliphatic carbocycles. The fourth-order valence-corrected chi connectivity index (χ4v) is 3.31. The Morgan fingerprint density at radius 2 is 2.12 bits per heavy atom. The number of aryl methyl sites for hydroxylation is 1. The van der Waals surface area contributed by atoms with E-state index in [1.165, 1.54) is 14.0 Å². The molecular weight excluding hydrogens is 366 g/mol. The number of esters is 1. The second-order valence-electron chi connectivity index (χ2n) is 5.06. The number of carbonyl (C=O) groups excluding carboxylic acids is 3. The van der Waals surface area contributed by atoms with Crippen LogP contribution < -0.4 is 11.1 Å². The molecule has 0 radical (unpaired) electrons. The molecule has 2 rings (SSSR count). The average Bonchev–Trinajstić information content (AvgIpc) is 3.08. The summed E-state index contributed by atoms with van der Waals surface area (Å²) in [5.41, 5.74) is 4.72. The molecule has 2 aromatic rings. The Morgan fingerprint density at radius 1 is 1.46 bits per heavy atom. The van der Waals surface area contributed by atoms with E-state index >= 15 is 0 Å². The Hall–Kier alpha value is -3.28. The molecule has 0 fully saturated rings. The maximum atomic E-state index is 12.5. The van der Waals surface area contributed by atoms with Crippen LogP contribution in [-0.4, -0.2) is 39.1 Å². The summed E-state index contributed by atoms with van der Waals surface area (Å²) in [7, 11) is 1.36. The van der Waals surface area contributed by atoms with Crippen molar-refractivity contribution in [1.29, 1.82) is 0 Å². The van der Waals surface area contributed by atoms with Crippen molar-refractivity contribution >= 4 is 39.8 Å². The van der Waals surface area contributed by atoms with E-state index in [9.17, 15) is 24.5 Å². The smallest absolute Gasteiger partial charge is 0.341 e. The number of rotatable bonds is 6. The third kappa shape index (κ3) is 3.39. The standard InChI is InChI=1S/C14H15N5O6S/c1-4-25-14(22)8-6(2)10(11(15)20)26-13(8)17-12(21)9-7(19(23)24)5-16-18(9)3/h5H,4H2,1-3H3,(H2,15,20)(H,17,21). The van der Waals surface area contributed by atoms with Gasteiger partial charge in [-0.25, -0.2) is 4.79 Å². The highest BCUT2D eigenvalue weighted by Gasteiger charge is 2.30. The molecule has 0 aromatic carbocycles. The van der Waals surface area contributed by atoms with Crippen LogP contribution in [0.2, 0.25) is 0 Å². The summed E-state index contributed by atoms with van der Waals surface area (Å²) >= 11 is 0.787. The molecule has 11 nitrogen and oxygen atoms in total. The number of nitrogens with two attached hydrogens (primary N) is 1. The summed E-state index contributed by atoms with van der Waals surface area (Å²) in [4.78, 5) is 46.6. The number of nitro groups is 1. The average molecular weight is 381 g/mol. The van der Waals surface area contributed by atoms with Crippen LogP contribution in [0.15, 0.2) is 6.20 Å². The summed E-state index contributed by atoms with van der Waals surface area (Å²) in [5, 5.41) is 17.1. The lowest BCUT2D eigenvalue weighted by Crippen LogP contribution is -2.19. The van der Waals surface area contributed by atoms with E-state index in [2.05, 4.69) is 10.4 Å². The van der Waals surface area contributed by atoms with Gasteiger partial charge in [0.15, 0.2) is 0 Å². The van der Waals surface area contributed by atoms with Gasteiger partial charge in [-0.2, -0.15) is 5.10 Å². The van der Waals surface area contributed by atoms with E-state index in [4.69, 9.17) is 10.5 Å². The quantitative estimate of drug-likeness (QED) is 0.432. The fraction of sp³-hybridized carbons (Fsp3) is 0.286. The molecule has 26 heavy (non-hydrogen) atoms. The molecule has 138 valence electrons. The molecule has 0 spiro atoms. The van der Waals surface area contributed by atoms with Crippen molar-refractivity contribution in [1.82, 2.24) is 9.78 Å². The zero-order chi connectivity index (χ0) is 19.6. The molecular formula is C14H15N5O6S. The number of carbonyl (C=O) groups is 3. The van der Waals surface area contributed by atoms with E-state index < -0.39 is 28.4 Å². The second-order valence-corrected chi connectivity index (χ2v) is 6.08. The van der Waals surface area contributed by atoms with Crippen molar-refractivity contribution in [2.75, 3.05) is 11.9 Å². The van der Waals surface area contributed by atoms with Gasteiger partial charge in [-0.1, -0.05) is 0 Å². The zero-order valence-electron chi connectivity index (χ0n) is 14.1. The monoisotopic (exact) mass is 381 g/mol. The summed E-state index contributed by atoms with van der Waals surface area (Å²) in [6.45, 7) is 3.18. The lowest BCUT2D eigenvalue weighted by atomic mass is 10.1. The largest absolute Gasteiger partial charge is 0.462 e. The van der Waals surface area contributed by atoms with Crippen LogP contribution in [0.25, 0.3) is 0 Å². The minimum atomic E-state index is -0.862. The molecule has 2 aromatic heterocycles. The molecule has 0 saturated carbocycles. The summed E-state index contributed by atoms with van der Waals surface area (Å²) in [6.07, 6.45) is 0.940. The number of thiophene rings is 1. The molecule has 0 aliphatic heterocycles. The minimum Gasteiger partial charge on any atom is -0.462 e. The van der Waals surface area contributed by atoms with Crippen molar-refractivity contribution in [2.24, 2.45) is 12.8 Å². The van der Waals surface area contributed by atoms with Gasteiger partial charge in [0.1, 0.15) is 11.2 Å². The normalized spacial score (nSPS) is 10.4. The lowest BCUT2D eigenvalue weighted by Gasteiger charge is -2.07. The molecule has 0 unspecified atom stereocenters. The van der Waals surface area contributed by atoms with E-state index in [1.807, 2.05) is 0 Å². The molecule has 12 heteroatoms. The van der Waals surface area contributed by atoms with Crippen molar-refractivity contribution < 1.29 is 24.0 Å². The predicted molar refractivity (Wildman–Crippen MR) is 91.3 cm³/mol. The van der Waals surface area contributed by atoms with Crippen LogP contribution in [0, 0.1) is 17.0 Å². The first-order chi connectivity index (χ1) is 12.2. The highest BCUT2D eigenvalue weighted by atomic mass is 32.1. The number of primary amides is 1. The first-order valence-electron chi connectivity index (χ1n) is 7.27. The van der Waals surface area contributed by atoms with E-state index in [1.54, 1.807) is 6.92 Å². The van der Waals surface area contributed by atoms with Crippen molar-refractivity contribution in [3.8, 4) is 0 Å². The van der Waals surface area contributed by atoms with Crippen LogP contribution in [0.5, 0.6) is 0 Å². The van der Waals surface area contributed by atoms with E-state index in [0.717, 1.165) is 22.2 Å². The van der Waals surface area contributed by atoms with Crippen LogP contribution in [0.1, 0.15) is 43.0 Å². The van der Waals surface area contributed by atoms with Gasteiger partial charge in [0.25, 0.3) is 11.8 Å². The van der Waals surface area contributed by atoms with Gasteiger partial charge in [-0.15, -0.1) is 11.3 Å². The van der Waals surface area contributed by atoms with Gasteiger partial charge in [-0.05, 0) is 19.4 Å². The topological polar surface area (TPSA) is 159 Å². The maximum absolute atomic E-state index is 12.5. The number of ether oxygens (including phenoxy) is 1. The molecule has 0 atom stereocenters. The summed E-state index contributed by atoms with van der Waals surface area (Å²) < 4.78 is 5.97. The second kappa shape index (κ2) is 7.31. The highest BCUT2D eigenvalue weighted by molar-refractivity contribution is 7.18. The van der Waals surface area contributed by atoms with Gasteiger partial charge in [0.2, 0.25) is 5.69 Å². The Bertz CT molecular complexity index is 915. The molecule has 3 N–H and O–H groups in total. The Kier molecular flexibility index (Phi) is 5.35. The highest BCUT2D eigenvalue weighted by Crippen LogP contribution is 2.34. The number of nitrogens with one attached hydrogen (secondary N) is 1. The minimum absolute atomic E-state index is 0.00949. The molecule has 0 bridgehead atoms. The first-order valence-corrected chi connectivity index (χ1v) is 8.08. The Morgan fingerprint density at radius 3 is 2.65 bits per heavy atom. The summed E-state index contributed by atoms with van der Waals surface area (Å²) in [6, 6.07) is 0. The predicted octanol–water partition coefficient (Wildman–Crippen LogP) is 1.23. The Balaban J connectivity index is 2.49. The number of nitrogens with zero attached hydrogens (tertiary/aromatic N) is 3. The van der Waals surface area contributed by atoms with E-state index in [-0.39, 0.29) is 33.3 Å². The van der Waals surface area contributed by atoms with Gasteiger partial charge < -0.3 is 15.8 Å². The van der Waals surface area contributed by atoms with Gasteiger partial charge in [-0.3, -0.25) is 24.4 Å². The van der Waals surface area contributed by atoms with Crippen molar-refractivity contribution in [3.63, 3.8) is 0 Å². The number of anilines is 1. The maximum Gasteiger partial charge on any atom is 0.341 e. The number of aromatic nitrogens is 2. The van der Waals surface area contributed by atoms with E-state index in [0.29, 0.717) is 0 Å². The fourth-order valence-electron chi connectivity index (χ4n) is 2.27. The molecule has 2 heterocycles. The zero-order valence-corrected chi connectivity index (χ0v) is 14.9. The van der Waals surface area contributed by atoms with Crippen LogP contribution >= 0.6 is 11.3 Å². The van der Waals surface area contributed by atoms with Gasteiger partial charge >= 0.3 is 11.7 Å². The SMILES string of the molecule is CCOC(=O)c1c(NC(=O)c2c([N+](=O)[O-])cnn2C)sc(C(N)=O)c1C. The number of amides is 2. The van der Waals surface area contributed by atoms with Gasteiger partial charge in [0.05, 0.1) is 22.0 Å². The lowest BCUT2D eigenvalue weighted by molar-refractivity contribution is -0.385. The number of hydrogen-bond acceptors (Lipinski definition) is 8. The number of hydrogen-bond donors (Lipinski definition) is 2. The van der Waals surface area contributed by atoms with Crippen molar-refractivity contribution in [3.05, 3.63) is 38.0 Å². The molecule has 0 saturated heterocycles. The first kappa shape index (κ1) is 19.1. The third-order valence-electron chi connectivity index (χ3n) is 3.41. The third-order valence-corrected chi connectivity index (χ3v) is 4.63. The molecule has 2 amide bonds.